The van der Waals surface area contributed by atoms with E-state index in [1.807, 2.05) is 0 Å². The van der Waals surface area contributed by atoms with E-state index >= 15 is 0 Å². The molecule has 0 saturated heterocycles. The van der Waals surface area contributed by atoms with Gasteiger partial charge in [-0.25, -0.2) is 0 Å². The maximum Gasteiger partial charge on any atom is 0.0601 e. The molecule has 0 bridgehead atoms. The third-order valence-electron chi connectivity index (χ3n) is 8.55. The van der Waals surface area contributed by atoms with Gasteiger partial charge in [0.1, 0.15) is 0 Å². The summed E-state index contributed by atoms with van der Waals surface area (Å²) in [5, 5.41) is 22.5. The van der Waals surface area contributed by atoms with Crippen molar-refractivity contribution in [2.75, 3.05) is 0 Å². The summed E-state index contributed by atoms with van der Waals surface area (Å²) in [4.78, 5) is 0. The molecule has 2 nitrogen and oxygen atoms in total. The topological polar surface area (TPSA) is 40.5 Å². The van der Waals surface area contributed by atoms with Crippen LogP contribution in [0.1, 0.15) is 87.0 Å². The first-order chi connectivity index (χ1) is 12.2. The van der Waals surface area contributed by atoms with E-state index in [1.165, 1.54) is 12.8 Å². The maximum absolute atomic E-state index is 11.2. The standard InChI is InChI=1S/C24H46O2/c1-8-16(5)19-10-14(3)12-21(23(19)25)18(7)22-13-15(4)11-20(24(22)26)17(6)9-2/h14-26H,8-13H2,1-7H3. The molecule has 0 aromatic heterocycles. The lowest BCUT2D eigenvalue weighted by atomic mass is 9.59. The second kappa shape index (κ2) is 9.41. The van der Waals surface area contributed by atoms with E-state index in [4.69, 9.17) is 0 Å². The lowest BCUT2D eigenvalue weighted by molar-refractivity contribution is -0.0956. The van der Waals surface area contributed by atoms with Crippen molar-refractivity contribution in [3.05, 3.63) is 0 Å². The van der Waals surface area contributed by atoms with Crippen molar-refractivity contribution >= 4 is 0 Å². The average Bonchev–Trinajstić information content (AvgIpc) is 2.62. The van der Waals surface area contributed by atoms with Gasteiger partial charge >= 0.3 is 0 Å². The average molecular weight is 367 g/mol. The normalized spacial score (nSPS) is 45.1. The lowest BCUT2D eigenvalue weighted by Crippen LogP contribution is -2.49. The Balaban J connectivity index is 2.18. The predicted molar refractivity (Wildman–Crippen MR) is 111 cm³/mol. The van der Waals surface area contributed by atoms with Gasteiger partial charge in [0.05, 0.1) is 12.2 Å². The maximum atomic E-state index is 11.2. The SMILES string of the molecule is CCC(C)C1CC(C)CC(C(C)C2CC(C)CC(C(C)CC)C2O)C1O. The Kier molecular flexibility index (Phi) is 8.04. The minimum absolute atomic E-state index is 0.192. The third-order valence-corrected chi connectivity index (χ3v) is 8.55. The van der Waals surface area contributed by atoms with E-state index in [0.29, 0.717) is 53.3 Å². The molecule has 154 valence electrons. The number of aliphatic hydroxyl groups excluding tert-OH is 2. The van der Waals surface area contributed by atoms with Crippen LogP contribution in [-0.4, -0.2) is 22.4 Å². The molecule has 0 radical (unpaired) electrons. The largest absolute Gasteiger partial charge is 0.393 e. The highest BCUT2D eigenvalue weighted by Gasteiger charge is 2.46. The van der Waals surface area contributed by atoms with Crippen LogP contribution >= 0.6 is 0 Å². The van der Waals surface area contributed by atoms with Crippen molar-refractivity contribution in [2.24, 2.45) is 53.3 Å². The van der Waals surface area contributed by atoms with E-state index in [1.54, 1.807) is 0 Å². The van der Waals surface area contributed by atoms with Crippen LogP contribution in [0, 0.1) is 53.3 Å². The Bertz CT molecular complexity index is 384. The van der Waals surface area contributed by atoms with Gasteiger partial charge in [-0.05, 0) is 78.9 Å². The fourth-order valence-electron chi connectivity index (χ4n) is 6.36. The molecular weight excluding hydrogens is 320 g/mol. The van der Waals surface area contributed by atoms with E-state index in [0.717, 1.165) is 25.7 Å². The van der Waals surface area contributed by atoms with Gasteiger partial charge in [0.2, 0.25) is 0 Å². The van der Waals surface area contributed by atoms with Gasteiger partial charge in [0.15, 0.2) is 0 Å². The quantitative estimate of drug-likeness (QED) is 0.627. The van der Waals surface area contributed by atoms with Crippen molar-refractivity contribution in [2.45, 2.75) is 99.2 Å². The van der Waals surface area contributed by atoms with Crippen LogP contribution in [0.5, 0.6) is 0 Å². The molecule has 2 saturated carbocycles. The zero-order chi connectivity index (χ0) is 19.6. The Morgan fingerprint density at radius 2 is 0.962 bits per heavy atom. The molecule has 2 fully saturated rings. The summed E-state index contributed by atoms with van der Waals surface area (Å²) in [6.45, 7) is 16.2. The van der Waals surface area contributed by atoms with Crippen LogP contribution in [0.4, 0.5) is 0 Å². The van der Waals surface area contributed by atoms with Crippen LogP contribution in [0.15, 0.2) is 0 Å². The predicted octanol–water partition coefficient (Wildman–Crippen LogP) is 5.76. The van der Waals surface area contributed by atoms with Gasteiger partial charge in [0.25, 0.3) is 0 Å². The highest BCUT2D eigenvalue weighted by molar-refractivity contribution is 4.95. The Labute approximate surface area is 163 Å². The van der Waals surface area contributed by atoms with Crippen LogP contribution in [0.25, 0.3) is 0 Å². The van der Waals surface area contributed by atoms with Gasteiger partial charge in [-0.1, -0.05) is 61.3 Å². The van der Waals surface area contributed by atoms with Gasteiger partial charge in [-0.3, -0.25) is 0 Å². The number of hydrogen-bond donors (Lipinski definition) is 2. The van der Waals surface area contributed by atoms with Crippen LogP contribution < -0.4 is 0 Å². The lowest BCUT2D eigenvalue weighted by Gasteiger charge is -2.49. The molecule has 2 N–H and O–H groups in total. The molecule has 0 amide bonds. The van der Waals surface area contributed by atoms with Crippen LogP contribution in [-0.2, 0) is 0 Å². The zero-order valence-corrected chi connectivity index (χ0v) is 18.5. The van der Waals surface area contributed by atoms with Gasteiger partial charge < -0.3 is 10.2 Å². The number of aliphatic hydroxyl groups is 2. The monoisotopic (exact) mass is 366 g/mol. The van der Waals surface area contributed by atoms with Gasteiger partial charge in [0, 0.05) is 0 Å². The zero-order valence-electron chi connectivity index (χ0n) is 18.5. The van der Waals surface area contributed by atoms with Crippen molar-refractivity contribution in [1.82, 2.24) is 0 Å². The Morgan fingerprint density at radius 1 is 0.654 bits per heavy atom. The first-order valence-electron chi connectivity index (χ1n) is 11.6. The fourth-order valence-corrected chi connectivity index (χ4v) is 6.36. The molecule has 2 heteroatoms. The van der Waals surface area contributed by atoms with Crippen molar-refractivity contribution in [3.8, 4) is 0 Å². The fraction of sp³-hybridized carbons (Fsp3) is 1.00. The van der Waals surface area contributed by atoms with Crippen LogP contribution in [0.3, 0.4) is 0 Å². The number of rotatable bonds is 6. The molecule has 2 rings (SSSR count). The summed E-state index contributed by atoms with van der Waals surface area (Å²) in [5.41, 5.74) is 0. The van der Waals surface area contributed by atoms with Gasteiger partial charge in [-0.2, -0.15) is 0 Å². The minimum Gasteiger partial charge on any atom is -0.393 e. The molecular formula is C24H46O2. The second-order valence-electron chi connectivity index (χ2n) is 10.4. The van der Waals surface area contributed by atoms with E-state index in [2.05, 4.69) is 48.5 Å². The highest BCUT2D eigenvalue weighted by Crippen LogP contribution is 2.48. The molecule has 2 aliphatic rings. The molecule has 26 heavy (non-hydrogen) atoms. The summed E-state index contributed by atoms with van der Waals surface area (Å²) < 4.78 is 0. The third kappa shape index (κ3) is 4.66. The molecule has 0 spiro atoms. The van der Waals surface area contributed by atoms with Crippen molar-refractivity contribution < 1.29 is 10.2 Å². The molecule has 0 aliphatic heterocycles. The molecule has 10 unspecified atom stereocenters. The summed E-state index contributed by atoms with van der Waals surface area (Å²) in [6.07, 6.45) is 6.49. The van der Waals surface area contributed by atoms with Crippen LogP contribution in [0.2, 0.25) is 0 Å². The molecule has 10 atom stereocenters. The summed E-state index contributed by atoms with van der Waals surface area (Å²) in [6, 6.07) is 0. The Hall–Kier alpha value is -0.0800. The summed E-state index contributed by atoms with van der Waals surface area (Å²) >= 11 is 0. The Morgan fingerprint density at radius 3 is 1.27 bits per heavy atom. The molecule has 0 aromatic rings. The summed E-state index contributed by atoms with van der Waals surface area (Å²) in [7, 11) is 0. The molecule has 0 aromatic carbocycles. The number of hydrogen-bond acceptors (Lipinski definition) is 2. The first-order valence-corrected chi connectivity index (χ1v) is 11.6. The first kappa shape index (κ1) is 22.2. The smallest absolute Gasteiger partial charge is 0.0601 e. The van der Waals surface area contributed by atoms with Crippen molar-refractivity contribution in [3.63, 3.8) is 0 Å². The van der Waals surface area contributed by atoms with Crippen molar-refractivity contribution in [1.29, 1.82) is 0 Å². The van der Waals surface area contributed by atoms with Gasteiger partial charge in [-0.15, -0.1) is 0 Å². The molecule has 2 aliphatic carbocycles. The highest BCUT2D eigenvalue weighted by atomic mass is 16.3. The molecule has 0 heterocycles. The summed E-state index contributed by atoms with van der Waals surface area (Å²) in [5.74, 6) is 4.52. The van der Waals surface area contributed by atoms with E-state index in [-0.39, 0.29) is 12.2 Å². The second-order valence-corrected chi connectivity index (χ2v) is 10.4. The van der Waals surface area contributed by atoms with E-state index < -0.39 is 0 Å². The minimum atomic E-state index is -0.192. The van der Waals surface area contributed by atoms with E-state index in [9.17, 15) is 10.2 Å².